The number of nitrogens with one attached hydrogen (secondary N) is 1. The highest BCUT2D eigenvalue weighted by atomic mass is 32.2. The molecule has 1 aliphatic rings. The van der Waals surface area contributed by atoms with Gasteiger partial charge in [-0.25, -0.2) is 4.98 Å². The summed E-state index contributed by atoms with van der Waals surface area (Å²) in [4.78, 5) is 17.2. The van der Waals surface area contributed by atoms with E-state index in [0.29, 0.717) is 18.7 Å². The maximum absolute atomic E-state index is 12.6. The molecule has 0 radical (unpaired) electrons. The first-order valence-corrected chi connectivity index (χ1v) is 21.1. The molecule has 284 valence electrons. The molecule has 2 heterocycles. The molecule has 1 unspecified atom stereocenters. The van der Waals surface area contributed by atoms with E-state index in [1.165, 1.54) is 70.6 Å². The summed E-state index contributed by atoms with van der Waals surface area (Å²) in [6, 6.07) is 32.7. The highest BCUT2D eigenvalue weighted by Gasteiger charge is 2.42. The summed E-state index contributed by atoms with van der Waals surface area (Å²) in [6.07, 6.45) is 18.3. The second kappa shape index (κ2) is 23.3. The van der Waals surface area contributed by atoms with Gasteiger partial charge in [0.15, 0.2) is 6.29 Å². The van der Waals surface area contributed by atoms with Gasteiger partial charge in [0.05, 0.1) is 23.8 Å². The molecule has 0 bridgehead atoms. The molecule has 0 spiro atoms. The summed E-state index contributed by atoms with van der Waals surface area (Å²) in [6.45, 7) is 2.77. The van der Waals surface area contributed by atoms with Crippen molar-refractivity contribution in [2.24, 2.45) is 0 Å². The number of aromatic nitrogens is 1. The van der Waals surface area contributed by atoms with Crippen LogP contribution in [0.25, 0.3) is 0 Å². The predicted molar refractivity (Wildman–Crippen MR) is 217 cm³/mol. The number of rotatable bonds is 23. The van der Waals surface area contributed by atoms with Crippen LogP contribution in [0.3, 0.4) is 0 Å². The van der Waals surface area contributed by atoms with Crippen LogP contribution in [0, 0.1) is 0 Å². The molecule has 53 heavy (non-hydrogen) atoms. The van der Waals surface area contributed by atoms with Crippen LogP contribution in [-0.4, -0.2) is 27.9 Å². The molecule has 4 aromatic rings. The van der Waals surface area contributed by atoms with Crippen LogP contribution in [0.4, 0.5) is 0 Å². The molecule has 0 aliphatic carbocycles. The molecular weight excluding hydrogens is 677 g/mol. The molecule has 1 aliphatic heterocycles. The predicted octanol–water partition coefficient (Wildman–Crippen LogP) is 11.4. The summed E-state index contributed by atoms with van der Waals surface area (Å²) < 4.78 is 13.7. The number of ether oxygens (including phenoxy) is 2. The average molecular weight is 737 g/mol. The zero-order valence-electron chi connectivity index (χ0n) is 31.7. The highest BCUT2D eigenvalue weighted by molar-refractivity contribution is 7.99. The topological polar surface area (TPSA) is 80.7 Å². The smallest absolute Gasteiger partial charge is 0.220 e. The standard InChI is InChI=1S/C46H60N2O4S/c1-2-3-4-5-6-7-8-9-10-11-12-13-17-22-42(50)48-33-36-24-30-40(31-25-36)46-51-41(35-53-43-23-18-19-32-47-43)44(38-20-15-14-16-21-38)45(52-46)39-28-26-37(34-49)27-29-39/h14-16,18-21,23-32,41,44-46,49H,2-13,17,22,33-35H2,1H3,(H,48,50)/t41-,44-,45+,46?/m1/s1. The molecule has 4 atom stereocenters. The highest BCUT2D eigenvalue weighted by Crippen LogP contribution is 2.48. The Labute approximate surface area is 322 Å². The molecule has 1 aromatic heterocycles. The molecule has 2 N–H and O–H groups in total. The van der Waals surface area contributed by atoms with Crippen LogP contribution in [0.15, 0.2) is 108 Å². The fourth-order valence-electron chi connectivity index (χ4n) is 7.14. The number of benzene rings is 3. The van der Waals surface area contributed by atoms with Crippen molar-refractivity contribution < 1.29 is 19.4 Å². The Morgan fingerprint density at radius 2 is 1.28 bits per heavy atom. The van der Waals surface area contributed by atoms with Crippen molar-refractivity contribution in [3.63, 3.8) is 0 Å². The summed E-state index contributed by atoms with van der Waals surface area (Å²) in [5.74, 6) is 0.754. The van der Waals surface area contributed by atoms with E-state index < -0.39 is 6.29 Å². The van der Waals surface area contributed by atoms with Crippen LogP contribution in [0.2, 0.25) is 0 Å². The third-order valence-corrected chi connectivity index (χ3v) is 11.3. The summed E-state index contributed by atoms with van der Waals surface area (Å²) in [7, 11) is 0. The van der Waals surface area contributed by atoms with Gasteiger partial charge in [-0.05, 0) is 40.8 Å². The fourth-order valence-corrected chi connectivity index (χ4v) is 8.07. The van der Waals surface area contributed by atoms with Gasteiger partial charge in [0.1, 0.15) is 0 Å². The van der Waals surface area contributed by atoms with Gasteiger partial charge in [0.25, 0.3) is 0 Å². The number of carbonyl (C=O) groups is 1. The summed E-state index contributed by atoms with van der Waals surface area (Å²) in [5, 5.41) is 13.8. The lowest BCUT2D eigenvalue weighted by molar-refractivity contribution is -0.255. The lowest BCUT2D eigenvalue weighted by Crippen LogP contribution is -2.38. The van der Waals surface area contributed by atoms with Gasteiger partial charge >= 0.3 is 0 Å². The first kappa shape index (κ1) is 40.7. The first-order chi connectivity index (χ1) is 26.1. The lowest BCUT2D eigenvalue weighted by atomic mass is 9.84. The second-order valence-electron chi connectivity index (χ2n) is 14.4. The monoisotopic (exact) mass is 736 g/mol. The number of unbranched alkanes of at least 4 members (excludes halogenated alkanes) is 12. The number of pyridine rings is 1. The number of nitrogens with zero attached hydrogens (tertiary/aromatic N) is 1. The number of thioether (sulfide) groups is 1. The molecule has 1 amide bonds. The normalized spacial score (nSPS) is 18.5. The van der Waals surface area contributed by atoms with Crippen molar-refractivity contribution >= 4 is 17.7 Å². The molecule has 7 heteroatoms. The minimum absolute atomic E-state index is 0.00472. The molecule has 5 rings (SSSR count). The Morgan fingerprint density at radius 3 is 1.91 bits per heavy atom. The number of aliphatic hydroxyl groups is 1. The van der Waals surface area contributed by atoms with Gasteiger partial charge in [-0.3, -0.25) is 4.79 Å². The van der Waals surface area contributed by atoms with Crippen molar-refractivity contribution in [2.75, 3.05) is 5.75 Å². The van der Waals surface area contributed by atoms with Crippen LogP contribution >= 0.6 is 11.8 Å². The van der Waals surface area contributed by atoms with Crippen molar-refractivity contribution in [1.29, 1.82) is 0 Å². The Kier molecular flexibility index (Phi) is 17.9. The molecule has 1 fully saturated rings. The van der Waals surface area contributed by atoms with E-state index in [4.69, 9.17) is 9.47 Å². The zero-order chi connectivity index (χ0) is 36.9. The van der Waals surface area contributed by atoms with Crippen LogP contribution in [0.1, 0.15) is 143 Å². The quantitative estimate of drug-likeness (QED) is 0.0583. The van der Waals surface area contributed by atoms with Gasteiger partial charge < -0.3 is 19.9 Å². The number of carbonyl (C=O) groups excluding carboxylic acids is 1. The van der Waals surface area contributed by atoms with E-state index in [0.717, 1.165) is 45.7 Å². The van der Waals surface area contributed by atoms with E-state index >= 15 is 0 Å². The molecule has 6 nitrogen and oxygen atoms in total. The van der Waals surface area contributed by atoms with E-state index in [2.05, 4.69) is 77.9 Å². The van der Waals surface area contributed by atoms with Crippen molar-refractivity contribution in [1.82, 2.24) is 10.3 Å². The van der Waals surface area contributed by atoms with Crippen molar-refractivity contribution in [3.8, 4) is 0 Å². The minimum Gasteiger partial charge on any atom is -0.392 e. The third-order valence-electron chi connectivity index (χ3n) is 10.3. The fraction of sp³-hybridized carbons (Fsp3) is 0.478. The van der Waals surface area contributed by atoms with E-state index in [1.54, 1.807) is 11.8 Å². The van der Waals surface area contributed by atoms with Crippen LogP contribution in [0.5, 0.6) is 0 Å². The second-order valence-corrected chi connectivity index (χ2v) is 15.4. The number of hydrogen-bond donors (Lipinski definition) is 2. The Bertz CT molecular complexity index is 1570. The third kappa shape index (κ3) is 13.7. The first-order valence-electron chi connectivity index (χ1n) is 20.1. The van der Waals surface area contributed by atoms with E-state index in [1.807, 2.05) is 42.6 Å². The largest absolute Gasteiger partial charge is 0.392 e. The van der Waals surface area contributed by atoms with E-state index in [-0.39, 0.29) is 30.6 Å². The van der Waals surface area contributed by atoms with E-state index in [9.17, 15) is 9.90 Å². The average Bonchev–Trinajstić information content (AvgIpc) is 3.21. The number of hydrogen-bond acceptors (Lipinski definition) is 6. The molecule has 1 saturated heterocycles. The maximum atomic E-state index is 12.6. The van der Waals surface area contributed by atoms with Gasteiger partial charge in [0.2, 0.25) is 5.91 Å². The Hall–Kier alpha value is -3.49. The number of aliphatic hydroxyl groups excluding tert-OH is 1. The van der Waals surface area contributed by atoms with Crippen LogP contribution < -0.4 is 5.32 Å². The summed E-state index contributed by atoms with van der Waals surface area (Å²) in [5.41, 5.74) is 5.04. The van der Waals surface area contributed by atoms with Crippen LogP contribution in [-0.2, 0) is 27.4 Å². The maximum Gasteiger partial charge on any atom is 0.220 e. The lowest BCUT2D eigenvalue weighted by Gasteiger charge is -2.43. The zero-order valence-corrected chi connectivity index (χ0v) is 32.5. The Morgan fingerprint density at radius 1 is 0.679 bits per heavy atom. The van der Waals surface area contributed by atoms with Gasteiger partial charge in [-0.15, -0.1) is 11.8 Å². The van der Waals surface area contributed by atoms with Crippen molar-refractivity contribution in [2.45, 2.75) is 139 Å². The molecular formula is C46H60N2O4S. The number of amides is 1. The van der Waals surface area contributed by atoms with Crippen molar-refractivity contribution in [3.05, 3.63) is 131 Å². The minimum atomic E-state index is -0.578. The van der Waals surface area contributed by atoms with Gasteiger partial charge in [0, 0.05) is 36.4 Å². The Balaban J connectivity index is 1.13. The summed E-state index contributed by atoms with van der Waals surface area (Å²) >= 11 is 1.69. The molecule has 3 aromatic carbocycles. The SMILES string of the molecule is CCCCCCCCCCCCCCCC(=O)NCc1ccc(C2O[C@H](CSc3ccccn3)[C@@H](c3ccccc3)[C@H](c3ccc(CO)cc3)O2)cc1. The van der Waals surface area contributed by atoms with Gasteiger partial charge in [-0.2, -0.15) is 0 Å². The molecule has 0 saturated carbocycles. The van der Waals surface area contributed by atoms with Gasteiger partial charge in [-0.1, -0.05) is 169 Å².